The molecule has 72 valence electrons. The first-order chi connectivity index (χ1) is 6.26. The molecule has 0 radical (unpaired) electrons. The highest BCUT2D eigenvalue weighted by atomic mass is 16.5. The average molecular weight is 180 g/mol. The lowest BCUT2D eigenvalue weighted by atomic mass is 10.2. The van der Waals surface area contributed by atoms with Crippen LogP contribution in [0.3, 0.4) is 0 Å². The van der Waals surface area contributed by atoms with Crippen molar-refractivity contribution in [2.45, 2.75) is 13.3 Å². The standard InChI is InChI=1S/C10H16N2O/c1-8-6-10(13-3)7-9(12-8)4-5-11-2/h6-7,11H,4-5H2,1-3H3. The minimum atomic E-state index is 0.888. The lowest BCUT2D eigenvalue weighted by molar-refractivity contribution is 0.413. The molecule has 1 aromatic heterocycles. The van der Waals surface area contributed by atoms with Gasteiger partial charge < -0.3 is 10.1 Å². The molecule has 1 aromatic rings. The molecular formula is C10H16N2O. The molecule has 0 aromatic carbocycles. The Hall–Kier alpha value is -1.09. The van der Waals surface area contributed by atoms with E-state index in [2.05, 4.69) is 10.3 Å². The maximum absolute atomic E-state index is 5.16. The molecule has 1 heterocycles. The van der Waals surface area contributed by atoms with Crippen LogP contribution in [0.4, 0.5) is 0 Å². The lowest BCUT2D eigenvalue weighted by Gasteiger charge is -2.05. The number of pyridine rings is 1. The highest BCUT2D eigenvalue weighted by Crippen LogP contribution is 2.13. The zero-order valence-corrected chi connectivity index (χ0v) is 8.42. The van der Waals surface area contributed by atoms with Crippen LogP contribution >= 0.6 is 0 Å². The smallest absolute Gasteiger partial charge is 0.122 e. The van der Waals surface area contributed by atoms with E-state index < -0.39 is 0 Å². The molecule has 0 atom stereocenters. The second kappa shape index (κ2) is 4.82. The van der Waals surface area contributed by atoms with Crippen LogP contribution in [0.15, 0.2) is 12.1 Å². The maximum atomic E-state index is 5.16. The summed E-state index contributed by atoms with van der Waals surface area (Å²) < 4.78 is 5.16. The zero-order valence-electron chi connectivity index (χ0n) is 8.42. The molecule has 3 nitrogen and oxygen atoms in total. The van der Waals surface area contributed by atoms with Crippen LogP contribution in [0.2, 0.25) is 0 Å². The molecule has 0 fully saturated rings. The van der Waals surface area contributed by atoms with Gasteiger partial charge in [0.25, 0.3) is 0 Å². The van der Waals surface area contributed by atoms with E-state index in [1.54, 1.807) is 7.11 Å². The van der Waals surface area contributed by atoms with Crippen molar-refractivity contribution in [1.29, 1.82) is 0 Å². The number of hydrogen-bond donors (Lipinski definition) is 1. The van der Waals surface area contributed by atoms with Gasteiger partial charge in [0.05, 0.1) is 7.11 Å². The number of ether oxygens (including phenoxy) is 1. The topological polar surface area (TPSA) is 34.1 Å². The zero-order chi connectivity index (χ0) is 9.68. The molecule has 0 amide bonds. The van der Waals surface area contributed by atoms with Gasteiger partial charge in [-0.05, 0) is 14.0 Å². The Morgan fingerprint density at radius 2 is 2.23 bits per heavy atom. The van der Waals surface area contributed by atoms with E-state index in [0.29, 0.717) is 0 Å². The quantitative estimate of drug-likeness (QED) is 0.755. The van der Waals surface area contributed by atoms with Gasteiger partial charge in [0.1, 0.15) is 5.75 Å². The lowest BCUT2D eigenvalue weighted by Crippen LogP contribution is -2.11. The summed E-state index contributed by atoms with van der Waals surface area (Å²) in [6.07, 6.45) is 0.939. The van der Waals surface area contributed by atoms with Gasteiger partial charge >= 0.3 is 0 Å². The van der Waals surface area contributed by atoms with Gasteiger partial charge in [-0.25, -0.2) is 0 Å². The molecule has 0 saturated heterocycles. The van der Waals surface area contributed by atoms with E-state index in [4.69, 9.17) is 4.74 Å². The van der Waals surface area contributed by atoms with Crippen molar-refractivity contribution < 1.29 is 4.74 Å². The third-order valence-corrected chi connectivity index (χ3v) is 1.85. The summed E-state index contributed by atoms with van der Waals surface area (Å²) in [4.78, 5) is 4.40. The van der Waals surface area contributed by atoms with Gasteiger partial charge in [-0.15, -0.1) is 0 Å². The van der Waals surface area contributed by atoms with Crippen molar-refractivity contribution in [2.24, 2.45) is 0 Å². The summed E-state index contributed by atoms with van der Waals surface area (Å²) in [5.41, 5.74) is 2.08. The molecule has 0 unspecified atom stereocenters. The minimum absolute atomic E-state index is 0.888. The molecule has 0 aliphatic carbocycles. The second-order valence-corrected chi connectivity index (χ2v) is 2.99. The molecule has 13 heavy (non-hydrogen) atoms. The predicted molar refractivity (Wildman–Crippen MR) is 53.2 cm³/mol. The van der Waals surface area contributed by atoms with E-state index in [0.717, 1.165) is 30.1 Å². The summed E-state index contributed by atoms with van der Waals surface area (Å²) >= 11 is 0. The molecule has 0 saturated carbocycles. The Morgan fingerprint density at radius 3 is 2.85 bits per heavy atom. The van der Waals surface area contributed by atoms with Gasteiger partial charge in [0, 0.05) is 36.5 Å². The molecule has 0 bridgehead atoms. The molecule has 1 rings (SSSR count). The first-order valence-electron chi connectivity index (χ1n) is 4.42. The second-order valence-electron chi connectivity index (χ2n) is 2.99. The van der Waals surface area contributed by atoms with Crippen LogP contribution < -0.4 is 10.1 Å². The van der Waals surface area contributed by atoms with Crippen LogP contribution in [-0.2, 0) is 6.42 Å². The fraction of sp³-hybridized carbons (Fsp3) is 0.500. The van der Waals surface area contributed by atoms with E-state index in [-0.39, 0.29) is 0 Å². The third-order valence-electron chi connectivity index (χ3n) is 1.85. The SMILES string of the molecule is CNCCc1cc(OC)cc(C)n1. The Bertz CT molecular complexity index is 274. The number of methoxy groups -OCH3 is 1. The molecule has 0 spiro atoms. The van der Waals surface area contributed by atoms with Crippen molar-refractivity contribution in [3.05, 3.63) is 23.5 Å². The number of aromatic nitrogens is 1. The summed E-state index contributed by atoms with van der Waals surface area (Å²) in [7, 11) is 3.61. The Kier molecular flexibility index (Phi) is 3.71. The van der Waals surface area contributed by atoms with E-state index in [9.17, 15) is 0 Å². The van der Waals surface area contributed by atoms with Crippen LogP contribution in [0.5, 0.6) is 5.75 Å². The summed E-state index contributed by atoms with van der Waals surface area (Å²) in [6, 6.07) is 3.91. The van der Waals surface area contributed by atoms with Gasteiger partial charge in [0.2, 0.25) is 0 Å². The number of likely N-dealkylation sites (N-methyl/N-ethyl adjacent to an activating group) is 1. The monoisotopic (exact) mass is 180 g/mol. The summed E-state index contributed by atoms with van der Waals surface area (Å²) in [5, 5.41) is 3.09. The molecule has 3 heteroatoms. The largest absolute Gasteiger partial charge is 0.497 e. The first-order valence-corrected chi connectivity index (χ1v) is 4.42. The normalized spacial score (nSPS) is 10.1. The van der Waals surface area contributed by atoms with Crippen LogP contribution in [0.25, 0.3) is 0 Å². The van der Waals surface area contributed by atoms with Gasteiger partial charge in [-0.1, -0.05) is 0 Å². The van der Waals surface area contributed by atoms with Gasteiger partial charge in [-0.3, -0.25) is 4.98 Å². The average Bonchev–Trinajstić information content (AvgIpc) is 2.14. The highest BCUT2D eigenvalue weighted by Gasteiger charge is 1.99. The molecule has 0 aliphatic rings. The van der Waals surface area contributed by atoms with Crippen molar-refractivity contribution in [3.8, 4) is 5.75 Å². The number of rotatable bonds is 4. The van der Waals surface area contributed by atoms with E-state index in [1.807, 2.05) is 26.1 Å². The predicted octanol–water partition coefficient (Wildman–Crippen LogP) is 1.16. The van der Waals surface area contributed by atoms with Gasteiger partial charge in [-0.2, -0.15) is 0 Å². The van der Waals surface area contributed by atoms with Crippen LogP contribution in [0, 0.1) is 6.92 Å². The van der Waals surface area contributed by atoms with Crippen LogP contribution in [-0.4, -0.2) is 25.7 Å². The molecule has 1 N–H and O–H groups in total. The van der Waals surface area contributed by atoms with Crippen molar-refractivity contribution >= 4 is 0 Å². The molecular weight excluding hydrogens is 164 g/mol. The van der Waals surface area contributed by atoms with Crippen molar-refractivity contribution in [2.75, 3.05) is 20.7 Å². The highest BCUT2D eigenvalue weighted by molar-refractivity contribution is 5.26. The van der Waals surface area contributed by atoms with Crippen LogP contribution in [0.1, 0.15) is 11.4 Å². The Balaban J connectivity index is 2.76. The summed E-state index contributed by atoms with van der Waals surface area (Å²) in [5.74, 6) is 0.888. The fourth-order valence-corrected chi connectivity index (χ4v) is 1.20. The number of nitrogens with one attached hydrogen (secondary N) is 1. The number of hydrogen-bond acceptors (Lipinski definition) is 3. The minimum Gasteiger partial charge on any atom is -0.497 e. The van der Waals surface area contributed by atoms with Crippen molar-refractivity contribution in [1.82, 2.24) is 10.3 Å². The Labute approximate surface area is 79.1 Å². The fourth-order valence-electron chi connectivity index (χ4n) is 1.20. The Morgan fingerprint density at radius 1 is 1.46 bits per heavy atom. The molecule has 0 aliphatic heterocycles. The third kappa shape index (κ3) is 3.03. The number of aryl methyl sites for hydroxylation is 1. The maximum Gasteiger partial charge on any atom is 0.122 e. The van der Waals surface area contributed by atoms with E-state index in [1.165, 1.54) is 0 Å². The summed E-state index contributed by atoms with van der Waals surface area (Å²) in [6.45, 7) is 2.92. The number of nitrogens with zero attached hydrogens (tertiary/aromatic N) is 1. The first kappa shape index (κ1) is 9.99. The van der Waals surface area contributed by atoms with Crippen molar-refractivity contribution in [3.63, 3.8) is 0 Å². The van der Waals surface area contributed by atoms with Gasteiger partial charge in [0.15, 0.2) is 0 Å². The van der Waals surface area contributed by atoms with E-state index >= 15 is 0 Å².